The molecule has 0 aromatic heterocycles. The highest BCUT2D eigenvalue weighted by Gasteiger charge is 2.31. The largest absolute Gasteiger partial charge is 0.351 e. The van der Waals surface area contributed by atoms with E-state index < -0.39 is 18.0 Å². The lowest BCUT2D eigenvalue weighted by molar-refractivity contribution is -0.728. The molecule has 150 valence electrons. The highest BCUT2D eigenvalue weighted by atomic mass is 16.2. The number of carbonyl (C=O) groups is 2. The van der Waals surface area contributed by atoms with Crippen molar-refractivity contribution < 1.29 is 14.9 Å². The summed E-state index contributed by atoms with van der Waals surface area (Å²) in [5.74, 6) is 0.502. The molecular formula is C23H32N3O2+. The Hall–Kier alpha value is -2.66. The first kappa shape index (κ1) is 21.6. The van der Waals surface area contributed by atoms with Crippen LogP contribution in [0.5, 0.6) is 0 Å². The fourth-order valence-electron chi connectivity index (χ4n) is 3.48. The van der Waals surface area contributed by atoms with Crippen LogP contribution in [-0.4, -0.2) is 11.9 Å². The highest BCUT2D eigenvalue weighted by molar-refractivity contribution is 5.96. The van der Waals surface area contributed by atoms with Gasteiger partial charge >= 0.3 is 6.03 Å². The third-order valence-corrected chi connectivity index (χ3v) is 4.81. The lowest BCUT2D eigenvalue weighted by atomic mass is 9.92. The zero-order chi connectivity index (χ0) is 20.7. The van der Waals surface area contributed by atoms with Crippen LogP contribution in [0, 0.1) is 11.8 Å². The molecule has 0 radical (unpaired) electrons. The van der Waals surface area contributed by atoms with Crippen LogP contribution in [0.15, 0.2) is 54.6 Å². The van der Waals surface area contributed by atoms with Gasteiger partial charge < -0.3 is 11.1 Å². The maximum Gasteiger partial charge on any atom is 0.319 e. The summed E-state index contributed by atoms with van der Waals surface area (Å²) in [6.45, 7) is 8.69. The van der Waals surface area contributed by atoms with E-state index in [4.69, 9.17) is 5.73 Å². The number of hydrogen-bond acceptors (Lipinski definition) is 2. The molecule has 2 aromatic rings. The molecule has 0 saturated heterocycles. The smallest absolute Gasteiger partial charge is 0.319 e. The van der Waals surface area contributed by atoms with E-state index in [1.165, 1.54) is 5.56 Å². The first-order chi connectivity index (χ1) is 13.3. The molecule has 5 nitrogen and oxygen atoms in total. The SMILES string of the molecule is CC(C)Cc1ccc([C@H]([NH2+][C@@H](C(=O)NC(N)=O)c2ccccc2)C(C)C)cc1. The summed E-state index contributed by atoms with van der Waals surface area (Å²) in [7, 11) is 0. The van der Waals surface area contributed by atoms with E-state index in [0.717, 1.165) is 17.5 Å². The van der Waals surface area contributed by atoms with E-state index in [0.29, 0.717) is 11.8 Å². The molecule has 0 aliphatic heterocycles. The van der Waals surface area contributed by atoms with Gasteiger partial charge in [0.05, 0.1) is 0 Å². The van der Waals surface area contributed by atoms with Crippen molar-refractivity contribution in [1.82, 2.24) is 5.32 Å². The van der Waals surface area contributed by atoms with Gasteiger partial charge in [-0.15, -0.1) is 0 Å². The Labute approximate surface area is 167 Å². The third kappa shape index (κ3) is 6.20. The number of quaternary nitrogens is 1. The summed E-state index contributed by atoms with van der Waals surface area (Å²) in [4.78, 5) is 23.9. The number of urea groups is 1. The highest BCUT2D eigenvalue weighted by Crippen LogP contribution is 2.21. The van der Waals surface area contributed by atoms with Crippen LogP contribution in [-0.2, 0) is 11.2 Å². The number of nitrogens with one attached hydrogen (secondary N) is 1. The van der Waals surface area contributed by atoms with Gasteiger partial charge in [-0.05, 0) is 17.9 Å². The van der Waals surface area contributed by atoms with E-state index >= 15 is 0 Å². The van der Waals surface area contributed by atoms with Gasteiger partial charge in [0.2, 0.25) is 0 Å². The van der Waals surface area contributed by atoms with Crippen LogP contribution >= 0.6 is 0 Å². The molecule has 0 unspecified atom stereocenters. The second-order valence-electron chi connectivity index (χ2n) is 8.04. The second-order valence-corrected chi connectivity index (χ2v) is 8.04. The predicted octanol–water partition coefficient (Wildman–Crippen LogP) is 3.08. The van der Waals surface area contributed by atoms with E-state index in [1.807, 2.05) is 35.6 Å². The normalized spacial score (nSPS) is 13.4. The van der Waals surface area contributed by atoms with Crippen LogP contribution in [0.4, 0.5) is 4.79 Å². The summed E-state index contributed by atoms with van der Waals surface area (Å²) in [6, 6.07) is 16.8. The maximum absolute atomic E-state index is 12.7. The first-order valence-corrected chi connectivity index (χ1v) is 9.87. The van der Waals surface area contributed by atoms with E-state index in [1.54, 1.807) is 0 Å². The van der Waals surface area contributed by atoms with E-state index in [9.17, 15) is 9.59 Å². The second kappa shape index (κ2) is 10.0. The lowest BCUT2D eigenvalue weighted by Crippen LogP contribution is -2.89. The third-order valence-electron chi connectivity index (χ3n) is 4.81. The molecule has 0 spiro atoms. The Morgan fingerprint density at radius 2 is 1.54 bits per heavy atom. The molecule has 0 aliphatic rings. The van der Waals surface area contributed by atoms with Gasteiger partial charge in [0.25, 0.3) is 5.91 Å². The van der Waals surface area contributed by atoms with Crippen molar-refractivity contribution in [3.05, 3.63) is 71.3 Å². The summed E-state index contributed by atoms with van der Waals surface area (Å²) >= 11 is 0. The van der Waals surface area contributed by atoms with Crippen molar-refractivity contribution in [1.29, 1.82) is 0 Å². The number of amides is 3. The molecule has 2 rings (SSSR count). The maximum atomic E-state index is 12.7. The van der Waals surface area contributed by atoms with Gasteiger partial charge in [-0.1, -0.05) is 82.3 Å². The summed E-state index contributed by atoms with van der Waals surface area (Å²) < 4.78 is 0. The van der Waals surface area contributed by atoms with Crippen molar-refractivity contribution in [2.45, 2.75) is 46.2 Å². The molecule has 0 bridgehead atoms. The van der Waals surface area contributed by atoms with E-state index in [-0.39, 0.29) is 6.04 Å². The fourth-order valence-corrected chi connectivity index (χ4v) is 3.48. The number of imide groups is 1. The van der Waals surface area contributed by atoms with Gasteiger partial charge in [0.15, 0.2) is 6.04 Å². The molecule has 0 saturated carbocycles. The topological polar surface area (TPSA) is 88.8 Å². The summed E-state index contributed by atoms with van der Waals surface area (Å²) in [6.07, 6.45) is 1.05. The minimum absolute atomic E-state index is 0.0666. The van der Waals surface area contributed by atoms with Crippen LogP contribution < -0.4 is 16.4 Å². The first-order valence-electron chi connectivity index (χ1n) is 9.87. The Kier molecular flexibility index (Phi) is 7.76. The van der Waals surface area contributed by atoms with Crippen molar-refractivity contribution in [3.63, 3.8) is 0 Å². The van der Waals surface area contributed by atoms with Crippen molar-refractivity contribution >= 4 is 11.9 Å². The Morgan fingerprint density at radius 1 is 0.929 bits per heavy atom. The van der Waals surface area contributed by atoms with Crippen LogP contribution in [0.25, 0.3) is 0 Å². The zero-order valence-corrected chi connectivity index (χ0v) is 17.2. The lowest BCUT2D eigenvalue weighted by Gasteiger charge is -2.25. The molecule has 5 N–H and O–H groups in total. The molecule has 3 amide bonds. The fraction of sp³-hybridized carbons (Fsp3) is 0.391. The number of hydrogen-bond donors (Lipinski definition) is 3. The molecule has 28 heavy (non-hydrogen) atoms. The summed E-state index contributed by atoms with van der Waals surface area (Å²) in [5, 5.41) is 4.26. The molecule has 5 heteroatoms. The molecule has 0 fully saturated rings. The van der Waals surface area contributed by atoms with Crippen molar-refractivity contribution in [3.8, 4) is 0 Å². The number of primary amides is 1. The van der Waals surface area contributed by atoms with Crippen LogP contribution in [0.3, 0.4) is 0 Å². The van der Waals surface area contributed by atoms with Gasteiger partial charge in [-0.25, -0.2) is 4.79 Å². The number of rotatable bonds is 8. The standard InChI is InChI=1S/C23H31N3O2/c1-15(2)14-17-10-12-19(13-11-17)20(16(3)4)25-21(22(27)26-23(24)28)18-8-6-5-7-9-18/h5-13,15-16,20-21,25H,14H2,1-4H3,(H3,24,26,27,28)/p+1/t20-,21-/m1/s1. The van der Waals surface area contributed by atoms with Gasteiger partial charge in [0, 0.05) is 17.0 Å². The molecule has 0 aliphatic carbocycles. The minimum atomic E-state index is -0.835. The van der Waals surface area contributed by atoms with Crippen LogP contribution in [0.1, 0.15) is 56.5 Å². The van der Waals surface area contributed by atoms with Crippen LogP contribution in [0.2, 0.25) is 0 Å². The number of carbonyl (C=O) groups excluding carboxylic acids is 2. The number of nitrogens with two attached hydrogens (primary N) is 2. The molecule has 2 atom stereocenters. The quantitative estimate of drug-likeness (QED) is 0.655. The Morgan fingerprint density at radius 3 is 2.04 bits per heavy atom. The van der Waals surface area contributed by atoms with Gasteiger partial charge in [0.1, 0.15) is 6.04 Å². The molecule has 2 aromatic carbocycles. The molecular weight excluding hydrogens is 350 g/mol. The minimum Gasteiger partial charge on any atom is -0.351 e. The van der Waals surface area contributed by atoms with E-state index in [2.05, 4.69) is 57.3 Å². The monoisotopic (exact) mass is 382 g/mol. The van der Waals surface area contributed by atoms with Crippen molar-refractivity contribution in [2.75, 3.05) is 0 Å². The molecule has 0 heterocycles. The average molecular weight is 383 g/mol. The zero-order valence-electron chi connectivity index (χ0n) is 17.2. The van der Waals surface area contributed by atoms with Gasteiger partial charge in [-0.3, -0.25) is 10.1 Å². The van der Waals surface area contributed by atoms with Crippen molar-refractivity contribution in [2.24, 2.45) is 17.6 Å². The number of benzene rings is 2. The Bertz CT molecular complexity index is 770. The predicted molar refractivity (Wildman–Crippen MR) is 111 cm³/mol. The summed E-state index contributed by atoms with van der Waals surface area (Å²) in [5.41, 5.74) is 8.49. The average Bonchev–Trinajstić information content (AvgIpc) is 2.62. The Balaban J connectivity index is 2.29. The van der Waals surface area contributed by atoms with Gasteiger partial charge in [-0.2, -0.15) is 0 Å².